The van der Waals surface area contributed by atoms with E-state index in [1.165, 1.54) is 30.3 Å². The lowest BCUT2D eigenvalue weighted by atomic mass is 10.1. The summed E-state index contributed by atoms with van der Waals surface area (Å²) in [5, 5.41) is 11.1. The molecule has 33 heavy (non-hydrogen) atoms. The van der Waals surface area contributed by atoms with Crippen LogP contribution < -0.4 is 15.2 Å². The summed E-state index contributed by atoms with van der Waals surface area (Å²) in [4.78, 5) is 11.8. The highest BCUT2D eigenvalue weighted by molar-refractivity contribution is 7.89. The molecule has 1 heterocycles. The van der Waals surface area contributed by atoms with Crippen molar-refractivity contribution < 1.29 is 39.9 Å². The third-order valence-corrected chi connectivity index (χ3v) is 5.19. The molecule has 2 aromatic carbocycles. The summed E-state index contributed by atoms with van der Waals surface area (Å²) in [6.07, 6.45) is -3.98. The Kier molecular flexibility index (Phi) is 6.69. The molecule has 0 spiro atoms. The first kappa shape index (κ1) is 24.1. The molecule has 3 N–H and O–H groups in total. The zero-order valence-corrected chi connectivity index (χ0v) is 17.2. The molecule has 0 radical (unpaired) electrons. The van der Waals surface area contributed by atoms with Crippen LogP contribution >= 0.6 is 0 Å². The van der Waals surface area contributed by atoms with Crippen molar-refractivity contribution in [3.8, 4) is 11.4 Å². The Bertz CT molecular complexity index is 1280. The van der Waals surface area contributed by atoms with E-state index < -0.39 is 39.2 Å². The first-order valence-electron chi connectivity index (χ1n) is 8.96. The van der Waals surface area contributed by atoms with Gasteiger partial charge in [-0.25, -0.2) is 18.2 Å². The SMILES string of the molecule is NS(=O)(=O)c1cc(NC(=O)Cc2ccccc2OC(F)F)ccc1-n1cc(C(F)(F)F)cn1. The number of nitrogens with two attached hydrogens (primary N) is 1. The van der Waals surface area contributed by atoms with Gasteiger partial charge in [-0.15, -0.1) is 0 Å². The van der Waals surface area contributed by atoms with E-state index in [4.69, 9.17) is 5.14 Å². The molecule has 3 aromatic rings. The van der Waals surface area contributed by atoms with Crippen LogP contribution in [0.25, 0.3) is 5.69 Å². The number of alkyl halides is 5. The van der Waals surface area contributed by atoms with Gasteiger partial charge < -0.3 is 10.1 Å². The van der Waals surface area contributed by atoms with Crippen molar-refractivity contribution in [2.75, 3.05) is 5.32 Å². The molecule has 0 saturated heterocycles. The normalized spacial score (nSPS) is 12.1. The van der Waals surface area contributed by atoms with Gasteiger partial charge in [-0.05, 0) is 24.3 Å². The van der Waals surface area contributed by atoms with Gasteiger partial charge in [0.2, 0.25) is 15.9 Å². The van der Waals surface area contributed by atoms with Crippen LogP contribution in [-0.4, -0.2) is 30.7 Å². The Morgan fingerprint density at radius 3 is 2.48 bits per heavy atom. The van der Waals surface area contributed by atoms with Gasteiger partial charge in [0.25, 0.3) is 0 Å². The summed E-state index contributed by atoms with van der Waals surface area (Å²) in [5.74, 6) is -0.908. The maximum Gasteiger partial charge on any atom is 0.419 e. The van der Waals surface area contributed by atoms with Crippen molar-refractivity contribution in [1.29, 1.82) is 0 Å². The van der Waals surface area contributed by atoms with E-state index in [1.54, 1.807) is 0 Å². The van der Waals surface area contributed by atoms with Crippen molar-refractivity contribution in [3.63, 3.8) is 0 Å². The molecule has 0 aliphatic rings. The number of nitrogens with zero attached hydrogens (tertiary/aromatic N) is 2. The molecular weight excluding hydrogens is 475 g/mol. The molecule has 0 bridgehead atoms. The number of carbonyl (C=O) groups is 1. The number of sulfonamides is 1. The average molecular weight is 490 g/mol. The number of primary sulfonamides is 1. The van der Waals surface area contributed by atoms with Crippen LogP contribution in [0.5, 0.6) is 5.75 Å². The molecule has 1 aromatic heterocycles. The zero-order valence-electron chi connectivity index (χ0n) is 16.4. The van der Waals surface area contributed by atoms with Crippen molar-refractivity contribution in [2.24, 2.45) is 5.14 Å². The molecule has 0 saturated carbocycles. The number of aromatic nitrogens is 2. The summed E-state index contributed by atoms with van der Waals surface area (Å²) >= 11 is 0. The minimum absolute atomic E-state index is 0.0526. The molecule has 1 amide bonds. The zero-order chi connectivity index (χ0) is 24.4. The molecule has 0 fully saturated rings. The number of hydrogen-bond donors (Lipinski definition) is 2. The largest absolute Gasteiger partial charge is 0.435 e. The Morgan fingerprint density at radius 1 is 1.18 bits per heavy atom. The monoisotopic (exact) mass is 490 g/mol. The molecule has 176 valence electrons. The van der Waals surface area contributed by atoms with Crippen molar-refractivity contribution in [2.45, 2.75) is 24.1 Å². The number of benzene rings is 2. The quantitative estimate of drug-likeness (QED) is 0.493. The Balaban J connectivity index is 1.87. The maximum atomic E-state index is 12.8. The number of anilines is 1. The van der Waals surface area contributed by atoms with Crippen LogP contribution in [0.2, 0.25) is 0 Å². The standard InChI is InChI=1S/C19H15F5N4O4S/c20-18(21)32-15-4-2-1-3-11(15)7-17(29)27-13-5-6-14(16(8-13)33(25,30)31)28-10-12(9-26-28)19(22,23)24/h1-6,8-10,18H,7H2,(H,27,29)(H2,25,30,31). The lowest BCUT2D eigenvalue weighted by Crippen LogP contribution is -2.18. The van der Waals surface area contributed by atoms with Crippen LogP contribution in [0.4, 0.5) is 27.6 Å². The highest BCUT2D eigenvalue weighted by Gasteiger charge is 2.32. The second-order valence-corrected chi connectivity index (χ2v) is 8.14. The molecule has 0 unspecified atom stereocenters. The van der Waals surface area contributed by atoms with Crippen molar-refractivity contribution >= 4 is 21.6 Å². The second kappa shape index (κ2) is 9.15. The van der Waals surface area contributed by atoms with Gasteiger partial charge in [0.05, 0.1) is 23.9 Å². The minimum atomic E-state index is -4.70. The smallest absolute Gasteiger partial charge is 0.419 e. The van der Waals surface area contributed by atoms with E-state index in [9.17, 15) is 35.2 Å². The Morgan fingerprint density at radius 2 is 1.88 bits per heavy atom. The van der Waals surface area contributed by atoms with E-state index in [0.29, 0.717) is 17.1 Å². The third kappa shape index (κ3) is 6.04. The number of hydrogen-bond acceptors (Lipinski definition) is 5. The highest BCUT2D eigenvalue weighted by Crippen LogP contribution is 2.30. The number of carbonyl (C=O) groups excluding carboxylic acids is 1. The van der Waals surface area contributed by atoms with Gasteiger partial charge >= 0.3 is 12.8 Å². The Labute approximate surface area is 183 Å². The van der Waals surface area contributed by atoms with Crippen LogP contribution in [-0.2, 0) is 27.4 Å². The highest BCUT2D eigenvalue weighted by atomic mass is 32.2. The summed E-state index contributed by atoms with van der Waals surface area (Å²) < 4.78 is 92.7. The maximum absolute atomic E-state index is 12.8. The van der Waals surface area contributed by atoms with Gasteiger partial charge in [0, 0.05) is 17.4 Å². The third-order valence-electron chi connectivity index (χ3n) is 4.25. The second-order valence-electron chi connectivity index (χ2n) is 6.61. The molecular formula is C19H15F5N4O4S. The van der Waals surface area contributed by atoms with E-state index in [1.807, 2.05) is 0 Å². The first-order valence-corrected chi connectivity index (χ1v) is 10.5. The van der Waals surface area contributed by atoms with E-state index in [-0.39, 0.29) is 29.1 Å². The molecule has 0 aliphatic heterocycles. The van der Waals surface area contributed by atoms with Crippen molar-refractivity contribution in [1.82, 2.24) is 9.78 Å². The van der Waals surface area contributed by atoms with Gasteiger partial charge in [-0.1, -0.05) is 18.2 Å². The summed E-state index contributed by atoms with van der Waals surface area (Å²) in [6, 6.07) is 8.87. The number of halogens is 5. The lowest BCUT2D eigenvalue weighted by Gasteiger charge is -2.13. The predicted molar refractivity (Wildman–Crippen MR) is 105 cm³/mol. The number of nitrogens with one attached hydrogen (secondary N) is 1. The average Bonchev–Trinajstić information content (AvgIpc) is 3.19. The van der Waals surface area contributed by atoms with E-state index in [2.05, 4.69) is 15.2 Å². The molecule has 0 aliphatic carbocycles. The summed E-state index contributed by atoms with van der Waals surface area (Å²) in [7, 11) is -4.44. The lowest BCUT2D eigenvalue weighted by molar-refractivity contribution is -0.137. The summed E-state index contributed by atoms with van der Waals surface area (Å²) in [6.45, 7) is -3.10. The fraction of sp³-hybridized carbons (Fsp3) is 0.158. The topological polar surface area (TPSA) is 116 Å². The number of amides is 1. The van der Waals surface area contributed by atoms with Crippen LogP contribution in [0, 0.1) is 0 Å². The summed E-state index contributed by atoms with van der Waals surface area (Å²) in [5.41, 5.74) is -1.29. The Hall–Kier alpha value is -3.52. The van der Waals surface area contributed by atoms with Crippen LogP contribution in [0.3, 0.4) is 0 Å². The number of ether oxygens (including phenoxy) is 1. The minimum Gasteiger partial charge on any atom is -0.435 e. The van der Waals surface area contributed by atoms with E-state index >= 15 is 0 Å². The fourth-order valence-corrected chi connectivity index (χ4v) is 3.59. The van der Waals surface area contributed by atoms with Gasteiger partial charge in [-0.3, -0.25) is 4.79 Å². The van der Waals surface area contributed by atoms with Gasteiger partial charge in [0.1, 0.15) is 10.6 Å². The van der Waals surface area contributed by atoms with E-state index in [0.717, 1.165) is 12.1 Å². The molecule has 0 atom stereocenters. The molecule has 8 nitrogen and oxygen atoms in total. The first-order chi connectivity index (χ1) is 15.3. The fourth-order valence-electron chi connectivity index (χ4n) is 2.85. The van der Waals surface area contributed by atoms with Crippen molar-refractivity contribution in [3.05, 3.63) is 66.0 Å². The molecule has 3 rings (SSSR count). The predicted octanol–water partition coefficient (Wildman–Crippen LogP) is 3.32. The molecule has 14 heteroatoms. The number of rotatable bonds is 7. The van der Waals surface area contributed by atoms with Crippen LogP contribution in [0.1, 0.15) is 11.1 Å². The van der Waals surface area contributed by atoms with Gasteiger partial charge in [-0.2, -0.15) is 27.1 Å². The number of para-hydroxylation sites is 1. The van der Waals surface area contributed by atoms with Gasteiger partial charge in [0.15, 0.2) is 0 Å². The van der Waals surface area contributed by atoms with Crippen LogP contribution in [0.15, 0.2) is 59.8 Å².